The van der Waals surface area contributed by atoms with Crippen LogP contribution in [-0.4, -0.2) is 77.6 Å². The summed E-state index contributed by atoms with van der Waals surface area (Å²) >= 11 is 0. The fraction of sp³-hybridized carbons (Fsp3) is 0.458. The Morgan fingerprint density at radius 3 is 2.22 bits per heavy atom. The van der Waals surface area contributed by atoms with Crippen LogP contribution in [0.15, 0.2) is 53.4 Å². The molecule has 7 nitrogen and oxygen atoms in total. The lowest BCUT2D eigenvalue weighted by Gasteiger charge is -2.38. The number of carbonyl (C=O) groups excluding carboxylic acids is 1. The molecule has 1 aliphatic heterocycles. The van der Waals surface area contributed by atoms with Crippen molar-refractivity contribution in [3.63, 3.8) is 0 Å². The second-order valence-corrected chi connectivity index (χ2v) is 11.4. The molecule has 2 N–H and O–H groups in total. The Kier molecular flexibility index (Phi) is 5.36. The maximum atomic E-state index is 12.9. The summed E-state index contributed by atoms with van der Waals surface area (Å²) < 4.78 is 25.1. The van der Waals surface area contributed by atoms with Gasteiger partial charge in [0.1, 0.15) is 11.8 Å². The summed E-state index contributed by atoms with van der Waals surface area (Å²) in [4.78, 5) is 16.9. The summed E-state index contributed by atoms with van der Waals surface area (Å²) in [6, 6.07) is 14.2. The molecule has 1 amide bonds. The number of nitrogens with zero attached hydrogens (tertiary/aromatic N) is 2. The number of sulfone groups is 1. The molecule has 0 bridgehead atoms. The smallest absolute Gasteiger partial charge is 0.253 e. The van der Waals surface area contributed by atoms with Gasteiger partial charge >= 0.3 is 0 Å². The van der Waals surface area contributed by atoms with Crippen molar-refractivity contribution >= 4 is 15.7 Å². The van der Waals surface area contributed by atoms with Gasteiger partial charge in [0.05, 0.1) is 10.1 Å². The van der Waals surface area contributed by atoms with E-state index < -0.39 is 21.7 Å². The van der Waals surface area contributed by atoms with Gasteiger partial charge in [0.15, 0.2) is 9.84 Å². The summed E-state index contributed by atoms with van der Waals surface area (Å²) in [6.07, 6.45) is 1.84. The predicted octanol–water partition coefficient (Wildman–Crippen LogP) is 1.89. The summed E-state index contributed by atoms with van der Waals surface area (Å²) in [5.74, 6) is -0.0686. The number of piperazine rings is 1. The first-order valence-electron chi connectivity index (χ1n) is 11.2. The molecule has 2 aromatic carbocycles. The largest absolute Gasteiger partial charge is 0.386 e. The van der Waals surface area contributed by atoms with Crippen LogP contribution >= 0.6 is 0 Å². The third-order valence-corrected chi connectivity index (χ3v) is 9.04. The Morgan fingerprint density at radius 1 is 0.969 bits per heavy atom. The first kappa shape index (κ1) is 21.6. The van der Waals surface area contributed by atoms with Crippen molar-refractivity contribution in [1.29, 1.82) is 0 Å². The van der Waals surface area contributed by atoms with Crippen LogP contribution in [0, 0.1) is 0 Å². The average Bonchev–Trinajstić information content (AvgIpc) is 3.75. The number of carbonyl (C=O) groups is 1. The molecule has 0 spiro atoms. The zero-order chi connectivity index (χ0) is 22.5. The van der Waals surface area contributed by atoms with Crippen molar-refractivity contribution in [2.45, 2.75) is 47.7 Å². The molecule has 3 aliphatic rings. The Balaban J connectivity index is 1.25. The van der Waals surface area contributed by atoms with E-state index in [0.717, 1.165) is 24.0 Å². The molecule has 1 atom stereocenters. The average molecular weight is 457 g/mol. The molecule has 170 valence electrons. The third kappa shape index (κ3) is 4.08. The van der Waals surface area contributed by atoms with Crippen LogP contribution in [0.3, 0.4) is 0 Å². The van der Waals surface area contributed by atoms with Gasteiger partial charge in [-0.3, -0.25) is 9.69 Å². The number of amides is 1. The summed E-state index contributed by atoms with van der Waals surface area (Å²) in [7, 11) is -3.25. The molecule has 2 aliphatic carbocycles. The summed E-state index contributed by atoms with van der Waals surface area (Å²) in [5.41, 5.74) is 1.27. The highest BCUT2D eigenvalue weighted by Gasteiger charge is 2.50. The second-order valence-electron chi connectivity index (χ2n) is 9.15. The minimum Gasteiger partial charge on any atom is -0.386 e. The normalized spacial score (nSPS) is 21.9. The Bertz CT molecular complexity index is 1120. The predicted molar refractivity (Wildman–Crippen MR) is 120 cm³/mol. The minimum atomic E-state index is -3.25. The van der Waals surface area contributed by atoms with Crippen LogP contribution in [0.5, 0.6) is 0 Å². The van der Waals surface area contributed by atoms with Crippen LogP contribution in [0.1, 0.15) is 36.0 Å². The Labute approximate surface area is 188 Å². The highest BCUT2D eigenvalue weighted by molar-refractivity contribution is 7.92. The lowest BCUT2D eigenvalue weighted by atomic mass is 10.0. The van der Waals surface area contributed by atoms with Gasteiger partial charge in [-0.25, -0.2) is 8.42 Å². The van der Waals surface area contributed by atoms with Crippen molar-refractivity contribution in [2.24, 2.45) is 0 Å². The summed E-state index contributed by atoms with van der Waals surface area (Å²) in [5, 5.41) is 20.2. The molecule has 32 heavy (non-hydrogen) atoms. The molecule has 2 aromatic rings. The van der Waals surface area contributed by atoms with Gasteiger partial charge in [0, 0.05) is 31.7 Å². The van der Waals surface area contributed by atoms with Crippen molar-refractivity contribution in [2.75, 3.05) is 26.2 Å². The molecule has 1 unspecified atom stereocenters. The van der Waals surface area contributed by atoms with Gasteiger partial charge < -0.3 is 15.1 Å². The van der Waals surface area contributed by atoms with Gasteiger partial charge in [-0.15, -0.1) is 0 Å². The van der Waals surface area contributed by atoms with E-state index in [0.29, 0.717) is 49.5 Å². The molecule has 5 rings (SSSR count). The van der Waals surface area contributed by atoms with E-state index in [1.54, 1.807) is 35.2 Å². The highest BCUT2D eigenvalue weighted by atomic mass is 32.2. The maximum Gasteiger partial charge on any atom is 0.253 e. The van der Waals surface area contributed by atoms with Gasteiger partial charge in [-0.2, -0.15) is 0 Å². The molecule has 3 fully saturated rings. The van der Waals surface area contributed by atoms with E-state index in [9.17, 15) is 23.4 Å². The molecule has 2 saturated carbocycles. The molecule has 8 heteroatoms. The van der Waals surface area contributed by atoms with E-state index in [2.05, 4.69) is 0 Å². The standard InChI is InChI=1S/C24H28N2O5S/c27-22(25-12-14-26(15-13-25)23(28)24(29)10-11-24)18-6-4-17(5-7-18)19-2-1-3-21(16-19)32(30,31)20-8-9-20/h1-7,16,20,23,28-29H,8-15H2. The monoisotopic (exact) mass is 456 g/mol. The number of aliphatic hydroxyl groups is 2. The first-order valence-corrected chi connectivity index (χ1v) is 12.7. The topological polar surface area (TPSA) is 98.2 Å². The summed E-state index contributed by atoms with van der Waals surface area (Å²) in [6.45, 7) is 2.04. The lowest BCUT2D eigenvalue weighted by molar-refractivity contribution is -0.108. The molecular weight excluding hydrogens is 428 g/mol. The van der Waals surface area contributed by atoms with Crippen LogP contribution in [-0.2, 0) is 9.84 Å². The van der Waals surface area contributed by atoms with Crippen molar-refractivity contribution in [1.82, 2.24) is 9.80 Å². The second kappa shape index (κ2) is 7.95. The maximum absolute atomic E-state index is 12.9. The number of hydrogen-bond donors (Lipinski definition) is 2. The molecule has 0 radical (unpaired) electrons. The molecular formula is C24H28N2O5S. The van der Waals surface area contributed by atoms with E-state index in [-0.39, 0.29) is 11.2 Å². The van der Waals surface area contributed by atoms with E-state index in [1.165, 1.54) is 0 Å². The molecule has 0 aromatic heterocycles. The lowest BCUT2D eigenvalue weighted by Crippen LogP contribution is -2.55. The van der Waals surface area contributed by atoms with Crippen LogP contribution in [0.4, 0.5) is 0 Å². The highest BCUT2D eigenvalue weighted by Crippen LogP contribution is 2.40. The minimum absolute atomic E-state index is 0.0686. The van der Waals surface area contributed by atoms with Crippen molar-refractivity contribution in [3.05, 3.63) is 54.1 Å². The van der Waals surface area contributed by atoms with E-state index >= 15 is 0 Å². The van der Waals surface area contributed by atoms with Crippen LogP contribution in [0.25, 0.3) is 11.1 Å². The van der Waals surface area contributed by atoms with Gasteiger partial charge in [-0.05, 0) is 61.1 Å². The van der Waals surface area contributed by atoms with Crippen LogP contribution in [0.2, 0.25) is 0 Å². The first-order chi connectivity index (χ1) is 15.3. The van der Waals surface area contributed by atoms with Crippen molar-refractivity contribution in [3.8, 4) is 11.1 Å². The number of aliphatic hydroxyl groups excluding tert-OH is 1. The van der Waals surface area contributed by atoms with Gasteiger partial charge in [-0.1, -0.05) is 24.3 Å². The number of benzene rings is 2. The van der Waals surface area contributed by atoms with Gasteiger partial charge in [0.2, 0.25) is 0 Å². The quantitative estimate of drug-likeness (QED) is 0.689. The number of hydrogen-bond acceptors (Lipinski definition) is 6. The third-order valence-electron chi connectivity index (χ3n) is 6.78. The SMILES string of the molecule is O=C(c1ccc(-c2cccc(S(=O)(=O)C3CC3)c2)cc1)N1CCN(C(O)C2(O)CC2)CC1. The molecule has 1 heterocycles. The van der Waals surface area contributed by atoms with Crippen LogP contribution < -0.4 is 0 Å². The molecule has 1 saturated heterocycles. The van der Waals surface area contributed by atoms with Crippen molar-refractivity contribution < 1.29 is 23.4 Å². The Hall–Kier alpha value is -2.26. The number of rotatable bonds is 6. The van der Waals surface area contributed by atoms with E-state index in [4.69, 9.17) is 0 Å². The Morgan fingerprint density at radius 2 is 1.62 bits per heavy atom. The fourth-order valence-corrected chi connectivity index (χ4v) is 6.01. The zero-order valence-electron chi connectivity index (χ0n) is 17.9. The van der Waals surface area contributed by atoms with E-state index in [1.807, 2.05) is 23.1 Å². The van der Waals surface area contributed by atoms with Gasteiger partial charge in [0.25, 0.3) is 5.91 Å². The zero-order valence-corrected chi connectivity index (χ0v) is 18.7. The fourth-order valence-electron chi connectivity index (χ4n) is 4.31.